The molecule has 0 saturated heterocycles. The Hall–Kier alpha value is -0.510. The fraction of sp³-hybridized carbons (Fsp3) is 0.538. The first-order valence-corrected chi connectivity index (χ1v) is 7.04. The molecule has 0 atom stereocenters. The van der Waals surface area contributed by atoms with Crippen molar-refractivity contribution in [3.8, 4) is 0 Å². The lowest BCUT2D eigenvalue weighted by atomic mass is 10.2. The molecule has 0 amide bonds. The molecule has 2 N–H and O–H groups in total. The third kappa shape index (κ3) is 5.54. The molecule has 1 rings (SSSR count). The SMILES string of the molecule is CSc1ccc(CNCCCCCO)cc1. The molecule has 0 aliphatic carbocycles. The summed E-state index contributed by atoms with van der Waals surface area (Å²) in [5, 5.41) is 12.0. The number of rotatable bonds is 8. The van der Waals surface area contributed by atoms with Crippen LogP contribution in [-0.4, -0.2) is 24.5 Å². The van der Waals surface area contributed by atoms with E-state index in [4.69, 9.17) is 5.11 Å². The lowest BCUT2D eigenvalue weighted by Gasteiger charge is -2.05. The summed E-state index contributed by atoms with van der Waals surface area (Å²) in [6, 6.07) is 8.67. The number of nitrogens with one attached hydrogen (secondary N) is 1. The van der Waals surface area contributed by atoms with Crippen LogP contribution >= 0.6 is 11.8 Å². The third-order valence-electron chi connectivity index (χ3n) is 2.50. The minimum Gasteiger partial charge on any atom is -0.396 e. The first-order chi connectivity index (χ1) is 7.86. The van der Waals surface area contributed by atoms with Crippen LogP contribution in [0.15, 0.2) is 29.2 Å². The molecule has 0 saturated carbocycles. The standard InChI is InChI=1S/C13H21NOS/c1-16-13-7-5-12(6-8-13)11-14-9-3-2-4-10-15/h5-8,14-15H,2-4,9-11H2,1H3. The molecule has 0 bridgehead atoms. The van der Waals surface area contributed by atoms with Gasteiger partial charge < -0.3 is 10.4 Å². The van der Waals surface area contributed by atoms with Gasteiger partial charge in [-0.2, -0.15) is 0 Å². The van der Waals surface area contributed by atoms with Crippen molar-refractivity contribution in [1.82, 2.24) is 5.32 Å². The lowest BCUT2D eigenvalue weighted by molar-refractivity contribution is 0.283. The molecule has 0 unspecified atom stereocenters. The average Bonchev–Trinajstić information content (AvgIpc) is 2.34. The topological polar surface area (TPSA) is 32.3 Å². The zero-order valence-corrected chi connectivity index (χ0v) is 10.7. The second kappa shape index (κ2) is 8.62. The normalized spacial score (nSPS) is 10.6. The van der Waals surface area contributed by atoms with Gasteiger partial charge in [0.05, 0.1) is 0 Å². The molecule has 0 radical (unpaired) electrons. The van der Waals surface area contributed by atoms with Crippen LogP contribution in [0.3, 0.4) is 0 Å². The van der Waals surface area contributed by atoms with E-state index in [9.17, 15) is 0 Å². The number of hydrogen-bond donors (Lipinski definition) is 2. The molecule has 0 spiro atoms. The summed E-state index contributed by atoms with van der Waals surface area (Å²) < 4.78 is 0. The van der Waals surface area contributed by atoms with Gasteiger partial charge >= 0.3 is 0 Å². The molecule has 2 nitrogen and oxygen atoms in total. The van der Waals surface area contributed by atoms with Crippen LogP contribution in [0, 0.1) is 0 Å². The van der Waals surface area contributed by atoms with Crippen molar-refractivity contribution < 1.29 is 5.11 Å². The minimum atomic E-state index is 0.316. The molecule has 1 aromatic carbocycles. The minimum absolute atomic E-state index is 0.316. The monoisotopic (exact) mass is 239 g/mol. The maximum atomic E-state index is 8.63. The van der Waals surface area contributed by atoms with E-state index in [1.54, 1.807) is 11.8 Å². The van der Waals surface area contributed by atoms with Crippen LogP contribution in [-0.2, 0) is 6.54 Å². The van der Waals surface area contributed by atoms with Crippen LogP contribution < -0.4 is 5.32 Å². The maximum absolute atomic E-state index is 8.63. The van der Waals surface area contributed by atoms with Gasteiger partial charge in [-0.05, 0) is 49.8 Å². The smallest absolute Gasteiger partial charge is 0.0431 e. The molecule has 0 aliphatic rings. The predicted octanol–water partition coefficient (Wildman–Crippen LogP) is 2.66. The summed E-state index contributed by atoms with van der Waals surface area (Å²) >= 11 is 1.77. The highest BCUT2D eigenvalue weighted by molar-refractivity contribution is 7.98. The largest absolute Gasteiger partial charge is 0.396 e. The third-order valence-corrected chi connectivity index (χ3v) is 3.24. The second-order valence-corrected chi connectivity index (χ2v) is 4.69. The summed E-state index contributed by atoms with van der Waals surface area (Å²) in [6.45, 7) is 2.29. The van der Waals surface area contributed by atoms with E-state index >= 15 is 0 Å². The quantitative estimate of drug-likeness (QED) is 0.540. The number of hydrogen-bond acceptors (Lipinski definition) is 3. The first kappa shape index (κ1) is 13.6. The second-order valence-electron chi connectivity index (χ2n) is 3.81. The first-order valence-electron chi connectivity index (χ1n) is 5.81. The Balaban J connectivity index is 2.12. The number of aliphatic hydroxyl groups excluding tert-OH is 1. The summed E-state index contributed by atoms with van der Waals surface area (Å²) in [6.07, 6.45) is 5.26. The molecule has 0 fully saturated rings. The van der Waals surface area contributed by atoms with Crippen molar-refractivity contribution in [2.75, 3.05) is 19.4 Å². The van der Waals surface area contributed by atoms with Gasteiger partial charge in [0.2, 0.25) is 0 Å². The van der Waals surface area contributed by atoms with Crippen molar-refractivity contribution in [3.05, 3.63) is 29.8 Å². The summed E-state index contributed by atoms with van der Waals surface area (Å²) in [4.78, 5) is 1.31. The zero-order chi connectivity index (χ0) is 11.6. The zero-order valence-electron chi connectivity index (χ0n) is 9.91. The van der Waals surface area contributed by atoms with E-state index in [0.29, 0.717) is 6.61 Å². The Morgan fingerprint density at radius 1 is 1.12 bits per heavy atom. The Labute approximate surface area is 102 Å². The summed E-state index contributed by atoms with van der Waals surface area (Å²) in [5.41, 5.74) is 1.33. The van der Waals surface area contributed by atoms with E-state index in [1.807, 2.05) is 0 Å². The number of thioether (sulfide) groups is 1. The molecular weight excluding hydrogens is 218 g/mol. The van der Waals surface area contributed by atoms with Gasteiger partial charge in [-0.1, -0.05) is 12.1 Å². The van der Waals surface area contributed by atoms with E-state index < -0.39 is 0 Å². The van der Waals surface area contributed by atoms with Gasteiger partial charge in [-0.15, -0.1) is 11.8 Å². The van der Waals surface area contributed by atoms with Crippen LogP contribution in [0.1, 0.15) is 24.8 Å². The number of benzene rings is 1. The highest BCUT2D eigenvalue weighted by Gasteiger charge is 1.93. The average molecular weight is 239 g/mol. The lowest BCUT2D eigenvalue weighted by Crippen LogP contribution is -2.14. The Kier molecular flexibility index (Phi) is 7.30. The van der Waals surface area contributed by atoms with E-state index in [-0.39, 0.29) is 0 Å². The molecule has 0 heterocycles. The van der Waals surface area contributed by atoms with E-state index in [2.05, 4.69) is 35.8 Å². The highest BCUT2D eigenvalue weighted by atomic mass is 32.2. The van der Waals surface area contributed by atoms with Crippen molar-refractivity contribution in [3.63, 3.8) is 0 Å². The Morgan fingerprint density at radius 2 is 1.88 bits per heavy atom. The molecule has 1 aromatic rings. The fourth-order valence-electron chi connectivity index (χ4n) is 1.51. The maximum Gasteiger partial charge on any atom is 0.0431 e. The molecule has 0 aromatic heterocycles. The molecule has 16 heavy (non-hydrogen) atoms. The van der Waals surface area contributed by atoms with Gasteiger partial charge in [0.25, 0.3) is 0 Å². The van der Waals surface area contributed by atoms with Crippen LogP contribution in [0.2, 0.25) is 0 Å². The van der Waals surface area contributed by atoms with Crippen molar-refractivity contribution in [2.24, 2.45) is 0 Å². The molecule has 90 valence electrons. The van der Waals surface area contributed by atoms with Crippen LogP contribution in [0.4, 0.5) is 0 Å². The van der Waals surface area contributed by atoms with Crippen molar-refractivity contribution in [2.45, 2.75) is 30.7 Å². The van der Waals surface area contributed by atoms with Gasteiger partial charge in [0.1, 0.15) is 0 Å². The van der Waals surface area contributed by atoms with Gasteiger partial charge in [0, 0.05) is 18.0 Å². The molecule has 3 heteroatoms. The Bertz CT molecular complexity index is 274. The van der Waals surface area contributed by atoms with Crippen LogP contribution in [0.25, 0.3) is 0 Å². The van der Waals surface area contributed by atoms with Crippen molar-refractivity contribution in [1.29, 1.82) is 0 Å². The highest BCUT2D eigenvalue weighted by Crippen LogP contribution is 2.14. The fourth-order valence-corrected chi connectivity index (χ4v) is 1.92. The van der Waals surface area contributed by atoms with Gasteiger partial charge in [-0.25, -0.2) is 0 Å². The summed E-state index contributed by atoms with van der Waals surface area (Å²) in [7, 11) is 0. The van der Waals surface area contributed by atoms with E-state index in [0.717, 1.165) is 32.4 Å². The van der Waals surface area contributed by atoms with E-state index in [1.165, 1.54) is 10.5 Å². The van der Waals surface area contributed by atoms with Crippen LogP contribution in [0.5, 0.6) is 0 Å². The van der Waals surface area contributed by atoms with Crippen molar-refractivity contribution >= 4 is 11.8 Å². The van der Waals surface area contributed by atoms with Gasteiger partial charge in [0.15, 0.2) is 0 Å². The molecule has 0 aliphatic heterocycles. The number of aliphatic hydroxyl groups is 1. The molecular formula is C13H21NOS. The van der Waals surface area contributed by atoms with Gasteiger partial charge in [-0.3, -0.25) is 0 Å². The Morgan fingerprint density at radius 3 is 2.50 bits per heavy atom. The predicted molar refractivity (Wildman–Crippen MR) is 70.9 cm³/mol. The summed E-state index contributed by atoms with van der Waals surface area (Å²) in [5.74, 6) is 0. The number of unbranched alkanes of at least 4 members (excludes halogenated alkanes) is 2.